The number of hydrogen-bond donors (Lipinski definition) is 2. The maximum absolute atomic E-state index is 13.5. The van der Waals surface area contributed by atoms with Crippen LogP contribution in [-0.4, -0.2) is 85.2 Å². The van der Waals surface area contributed by atoms with Crippen molar-refractivity contribution >= 4 is 5.78 Å². The van der Waals surface area contributed by atoms with Gasteiger partial charge in [0.25, 0.3) is 0 Å². The Morgan fingerprint density at radius 2 is 0.936 bits per heavy atom. The van der Waals surface area contributed by atoms with Crippen LogP contribution >= 0.6 is 0 Å². The summed E-state index contributed by atoms with van der Waals surface area (Å²) in [5.74, 6) is 7.75. The van der Waals surface area contributed by atoms with E-state index < -0.39 is 47.4 Å². The summed E-state index contributed by atoms with van der Waals surface area (Å²) in [7, 11) is 0. The molecule has 3 heterocycles. The van der Waals surface area contributed by atoms with Gasteiger partial charge in [0.15, 0.2) is 23.1 Å². The van der Waals surface area contributed by atoms with Crippen LogP contribution < -0.4 is 0 Å². The number of allylic oxidation sites excluding steroid dienone is 3. The van der Waals surface area contributed by atoms with Crippen LogP contribution in [0.25, 0.3) is 0 Å². The van der Waals surface area contributed by atoms with Crippen LogP contribution in [0.1, 0.15) is 205 Å². The van der Waals surface area contributed by atoms with Gasteiger partial charge >= 0.3 is 25.3 Å². The second-order valence-corrected chi connectivity index (χ2v) is 31.1. The molecule has 0 bridgehead atoms. The molecule has 0 aromatic heterocycles. The van der Waals surface area contributed by atoms with Crippen molar-refractivity contribution in [3.63, 3.8) is 0 Å². The minimum absolute atomic E-state index is 0. The fourth-order valence-electron chi connectivity index (χ4n) is 23.4. The molecule has 15 rings (SSSR count). The monoisotopic (exact) mass is 1270 g/mol. The molecule has 0 aromatic carbocycles. The molecule has 13 fully saturated rings. The van der Waals surface area contributed by atoms with Crippen LogP contribution in [0.3, 0.4) is 0 Å². The minimum atomic E-state index is -1.92. The molecule has 3 saturated heterocycles. The molecular formula is C66H104O11Pt. The van der Waals surface area contributed by atoms with Gasteiger partial charge in [0, 0.05) is 20.7 Å². The Morgan fingerprint density at radius 3 is 1.51 bits per heavy atom. The second-order valence-electron chi connectivity index (χ2n) is 30.7. The summed E-state index contributed by atoms with van der Waals surface area (Å²) in [4.78, 5) is 13.5. The molecule has 0 radical (unpaired) electrons. The van der Waals surface area contributed by atoms with Crippen LogP contribution in [0.5, 0.6) is 0 Å². The van der Waals surface area contributed by atoms with Crippen LogP contribution in [-0.2, 0) is 58.5 Å². The van der Waals surface area contributed by atoms with Gasteiger partial charge in [0.1, 0.15) is 0 Å². The summed E-state index contributed by atoms with van der Waals surface area (Å²) in [6.45, 7) is 25.5. The third kappa shape index (κ3) is 8.22. The van der Waals surface area contributed by atoms with Crippen LogP contribution in [0.15, 0.2) is 23.3 Å². The SMILES string of the molecule is C[C@@H]1CC[C@]2(C)C3=CC(=O)[C@@]4(C)C(CCC45OCCO5)C3CC[C@@H]2C1.C[C@@H]1CC[C@]2(C)C3=C[C@H](O)[C@@]4(C)C(CCC45OCCO5)C3CC[C@@H]2C1.C[C@@H]1CC[C@]2(C)C3C[C@H](O)[C@@]4(C)C(CCC45OCCO5)C3CC[C@@H]2C1.[HH].[O]=[Pt]=[O]. The molecule has 3 spiro atoms. The zero-order valence-electron chi connectivity index (χ0n) is 49.5. The molecule has 12 aliphatic carbocycles. The van der Waals surface area contributed by atoms with Gasteiger partial charge in [-0.2, -0.15) is 0 Å². The molecule has 15 aliphatic rings. The van der Waals surface area contributed by atoms with Gasteiger partial charge in [-0.3, -0.25) is 4.79 Å². The Labute approximate surface area is 479 Å². The normalized spacial score (nSPS) is 52.2. The predicted octanol–water partition coefficient (Wildman–Crippen LogP) is 13.2. The molecule has 11 nitrogen and oxygen atoms in total. The topological polar surface area (TPSA) is 147 Å². The van der Waals surface area contributed by atoms with E-state index in [1.807, 2.05) is 0 Å². The predicted molar refractivity (Wildman–Crippen MR) is 293 cm³/mol. The molecule has 2 N–H and O–H groups in total. The Morgan fingerprint density at radius 1 is 0.487 bits per heavy atom. The van der Waals surface area contributed by atoms with Crippen molar-refractivity contribution in [1.29, 1.82) is 0 Å². The summed E-state index contributed by atoms with van der Waals surface area (Å²) >= 11 is -1.92. The van der Waals surface area contributed by atoms with E-state index in [2.05, 4.69) is 74.5 Å². The zero-order valence-corrected chi connectivity index (χ0v) is 51.8. The van der Waals surface area contributed by atoms with Crippen molar-refractivity contribution in [3.05, 3.63) is 23.3 Å². The van der Waals surface area contributed by atoms with E-state index in [0.29, 0.717) is 86.0 Å². The van der Waals surface area contributed by atoms with Gasteiger partial charge in [0.05, 0.1) is 68.1 Å². The van der Waals surface area contributed by atoms with Crippen LogP contribution in [0, 0.1) is 109 Å². The molecule has 3 aliphatic heterocycles. The number of ketones is 1. The summed E-state index contributed by atoms with van der Waals surface area (Å²) in [6, 6.07) is 0. The van der Waals surface area contributed by atoms with Crippen LogP contribution in [0.2, 0.25) is 0 Å². The number of carbonyl (C=O) groups is 1. The average molecular weight is 1270 g/mol. The number of ether oxygens (including phenoxy) is 6. The zero-order chi connectivity index (χ0) is 55.1. The standard InChI is InChI=1S/C22H36O3.C22H34O3.C22H32O3.2O.Pt.H2/c3*1-14-6-8-20(2)15(12-14)4-5-16-17-7-9-22(24-10-11-25-22)21(17,3)19(23)13-18(16)20;;;;/h14-19,23H,4-13H2,1-3H3;13-17,19,23H,4-12H2,1-3H3;13-17H,4-12H2,1-3H3;;;;1H/t14-,15-,16?,17?,18?,19+,20+,21-;14-,15-,16?,17?,19+,20+,21-;14-,15-,16?,17?,20+,21-;;;;/m111..../s1. The number of rotatable bonds is 0. The van der Waals surface area contributed by atoms with Crippen molar-refractivity contribution < 1.29 is 70.1 Å². The molecule has 12 heteroatoms. The van der Waals surface area contributed by atoms with Gasteiger partial charge in [-0.05, 0) is 222 Å². The van der Waals surface area contributed by atoms with Crippen molar-refractivity contribution in [1.82, 2.24) is 0 Å². The molecule has 0 aromatic rings. The van der Waals surface area contributed by atoms with Gasteiger partial charge in [0.2, 0.25) is 0 Å². The first-order valence-electron chi connectivity index (χ1n) is 32.2. The van der Waals surface area contributed by atoms with Crippen molar-refractivity contribution in [3.8, 4) is 0 Å². The molecule has 0 amide bonds. The maximum atomic E-state index is 13.5. The molecule has 444 valence electrons. The molecule has 7 unspecified atom stereocenters. The number of carbonyl (C=O) groups excluding carboxylic acids is 1. The summed E-state index contributed by atoms with van der Waals surface area (Å²) < 4.78 is 53.9. The first kappa shape index (κ1) is 57.5. The molecular weight excluding hydrogens is 1160 g/mol. The van der Waals surface area contributed by atoms with E-state index >= 15 is 0 Å². The fourth-order valence-corrected chi connectivity index (χ4v) is 23.4. The Balaban J connectivity index is 0.000000121. The van der Waals surface area contributed by atoms with Gasteiger partial charge in [-0.1, -0.05) is 79.0 Å². The van der Waals surface area contributed by atoms with E-state index in [0.717, 1.165) is 80.0 Å². The molecule has 78 heavy (non-hydrogen) atoms. The fraction of sp³-hybridized carbons (Fsp3) is 0.924. The summed E-state index contributed by atoms with van der Waals surface area (Å²) in [5.41, 5.74) is 3.12. The average Bonchev–Trinajstić information content (AvgIpc) is 3.20. The van der Waals surface area contributed by atoms with E-state index in [-0.39, 0.29) is 29.6 Å². The second kappa shape index (κ2) is 20.7. The molecule has 10 saturated carbocycles. The number of fused-ring (bicyclic) bond motifs is 18. The Bertz CT molecular complexity index is 2370. The van der Waals surface area contributed by atoms with Crippen molar-refractivity contribution in [2.24, 2.45) is 109 Å². The summed E-state index contributed by atoms with van der Waals surface area (Å²) in [5, 5.41) is 22.7. The number of aliphatic hydroxyl groups excluding tert-OH is 2. The van der Waals surface area contributed by atoms with E-state index in [1.165, 1.54) is 108 Å². The molecule has 21 atom stereocenters. The van der Waals surface area contributed by atoms with Crippen molar-refractivity contribution in [2.75, 3.05) is 39.6 Å². The quantitative estimate of drug-likeness (QED) is 0.223. The number of aliphatic hydroxyl groups is 2. The van der Waals surface area contributed by atoms with E-state index in [1.54, 1.807) is 5.57 Å². The van der Waals surface area contributed by atoms with Crippen molar-refractivity contribution in [2.45, 2.75) is 233 Å². The van der Waals surface area contributed by atoms with E-state index in [4.69, 9.17) is 35.2 Å². The van der Waals surface area contributed by atoms with Gasteiger partial charge in [-0.15, -0.1) is 0 Å². The van der Waals surface area contributed by atoms with Crippen LogP contribution in [0.4, 0.5) is 0 Å². The van der Waals surface area contributed by atoms with Gasteiger partial charge in [-0.25, -0.2) is 0 Å². The third-order valence-electron chi connectivity index (χ3n) is 28.0. The number of hydrogen-bond acceptors (Lipinski definition) is 11. The Kier molecular flexibility index (Phi) is 15.3. The first-order valence-corrected chi connectivity index (χ1v) is 34.0. The van der Waals surface area contributed by atoms with E-state index in [9.17, 15) is 15.0 Å². The first-order chi connectivity index (χ1) is 37.1. The van der Waals surface area contributed by atoms with Gasteiger partial charge < -0.3 is 38.6 Å². The Hall–Kier alpha value is -0.882. The third-order valence-corrected chi connectivity index (χ3v) is 28.0. The summed E-state index contributed by atoms with van der Waals surface area (Å²) in [6.07, 6.45) is 30.8.